The van der Waals surface area contributed by atoms with Crippen LogP contribution in [0.15, 0.2) is 24.5 Å². The van der Waals surface area contributed by atoms with Gasteiger partial charge in [0.15, 0.2) is 11.5 Å². The van der Waals surface area contributed by atoms with Crippen molar-refractivity contribution in [2.24, 2.45) is 0 Å². The van der Waals surface area contributed by atoms with Crippen molar-refractivity contribution in [2.45, 2.75) is 6.92 Å². The summed E-state index contributed by atoms with van der Waals surface area (Å²) in [5.41, 5.74) is 1.67. The monoisotopic (exact) mass is 278 g/mol. The highest BCUT2D eigenvalue weighted by Crippen LogP contribution is 2.30. The zero-order valence-corrected chi connectivity index (χ0v) is 10.9. The molecule has 2 aromatic rings. The highest BCUT2D eigenvalue weighted by molar-refractivity contribution is 6.35. The van der Waals surface area contributed by atoms with Gasteiger partial charge >= 0.3 is 0 Å². The van der Waals surface area contributed by atoms with Crippen LogP contribution in [0.3, 0.4) is 0 Å². The van der Waals surface area contributed by atoms with Crippen molar-refractivity contribution in [1.82, 2.24) is 9.97 Å². The van der Waals surface area contributed by atoms with Crippen LogP contribution in [0, 0.1) is 18.3 Å². The molecular formula is C12H8Cl2N4. The number of benzene rings is 1. The molecule has 0 atom stereocenters. The minimum absolute atomic E-state index is 0.199. The van der Waals surface area contributed by atoms with Gasteiger partial charge in [-0.15, -0.1) is 0 Å². The lowest BCUT2D eigenvalue weighted by atomic mass is 10.2. The van der Waals surface area contributed by atoms with E-state index in [1.54, 1.807) is 12.1 Å². The van der Waals surface area contributed by atoms with Gasteiger partial charge in [0.25, 0.3) is 0 Å². The first kappa shape index (κ1) is 12.6. The average molecular weight is 279 g/mol. The standard InChI is InChI=1S/C12H8Cl2N4/c1-7-4-9(14)10(5-8(7)13)18-12-11(6-15)16-2-3-17-12/h2-5H,1H3,(H,17,18). The lowest BCUT2D eigenvalue weighted by Gasteiger charge is -2.10. The molecule has 4 nitrogen and oxygen atoms in total. The molecule has 0 aliphatic heterocycles. The van der Waals surface area contributed by atoms with Crippen LogP contribution in [0.2, 0.25) is 10.0 Å². The first-order valence-corrected chi connectivity index (χ1v) is 5.81. The Kier molecular flexibility index (Phi) is 3.66. The maximum Gasteiger partial charge on any atom is 0.183 e. The van der Waals surface area contributed by atoms with E-state index in [-0.39, 0.29) is 5.69 Å². The first-order chi connectivity index (χ1) is 8.61. The summed E-state index contributed by atoms with van der Waals surface area (Å²) < 4.78 is 0. The summed E-state index contributed by atoms with van der Waals surface area (Å²) in [6.07, 6.45) is 2.94. The predicted octanol–water partition coefficient (Wildman–Crippen LogP) is 3.71. The number of halogens is 2. The molecule has 0 aliphatic rings. The molecule has 0 radical (unpaired) electrons. The van der Waals surface area contributed by atoms with Gasteiger partial charge in [-0.05, 0) is 24.6 Å². The first-order valence-electron chi connectivity index (χ1n) is 5.05. The fourth-order valence-corrected chi connectivity index (χ4v) is 1.81. The van der Waals surface area contributed by atoms with Gasteiger partial charge in [-0.25, -0.2) is 9.97 Å². The molecule has 2 rings (SSSR count). The van der Waals surface area contributed by atoms with E-state index in [1.165, 1.54) is 12.4 Å². The maximum atomic E-state index is 8.91. The van der Waals surface area contributed by atoms with E-state index >= 15 is 0 Å². The second-order valence-corrected chi connectivity index (χ2v) is 4.39. The van der Waals surface area contributed by atoms with Gasteiger partial charge in [-0.1, -0.05) is 23.2 Å². The lowest BCUT2D eigenvalue weighted by molar-refractivity contribution is 1.16. The van der Waals surface area contributed by atoms with E-state index in [4.69, 9.17) is 28.5 Å². The molecule has 0 saturated heterocycles. The van der Waals surface area contributed by atoms with Gasteiger partial charge in [0, 0.05) is 17.4 Å². The molecule has 0 unspecified atom stereocenters. The van der Waals surface area contributed by atoms with Crippen LogP contribution in [0.5, 0.6) is 0 Å². The Morgan fingerprint density at radius 1 is 1.17 bits per heavy atom. The minimum Gasteiger partial charge on any atom is -0.337 e. The van der Waals surface area contributed by atoms with Crippen LogP contribution in [-0.4, -0.2) is 9.97 Å². The van der Waals surface area contributed by atoms with Crippen LogP contribution in [-0.2, 0) is 0 Å². The van der Waals surface area contributed by atoms with Gasteiger partial charge in [-0.3, -0.25) is 0 Å². The van der Waals surface area contributed by atoms with Gasteiger partial charge < -0.3 is 5.32 Å². The second-order valence-electron chi connectivity index (χ2n) is 3.57. The number of aryl methyl sites for hydroxylation is 1. The summed E-state index contributed by atoms with van der Waals surface area (Å²) in [4.78, 5) is 7.94. The molecule has 1 heterocycles. The summed E-state index contributed by atoms with van der Waals surface area (Å²) >= 11 is 12.1. The molecule has 0 saturated carbocycles. The number of rotatable bonds is 2. The lowest BCUT2D eigenvalue weighted by Crippen LogP contribution is -1.99. The number of anilines is 2. The molecule has 1 N–H and O–H groups in total. The van der Waals surface area contributed by atoms with Gasteiger partial charge in [-0.2, -0.15) is 5.26 Å². The number of nitriles is 1. The molecule has 0 amide bonds. The topological polar surface area (TPSA) is 61.6 Å². The van der Waals surface area contributed by atoms with E-state index in [0.29, 0.717) is 21.6 Å². The highest BCUT2D eigenvalue weighted by atomic mass is 35.5. The van der Waals surface area contributed by atoms with Crippen molar-refractivity contribution in [1.29, 1.82) is 5.26 Å². The summed E-state index contributed by atoms with van der Waals surface area (Å²) in [6.45, 7) is 1.86. The van der Waals surface area contributed by atoms with E-state index in [1.807, 2.05) is 13.0 Å². The van der Waals surface area contributed by atoms with E-state index < -0.39 is 0 Å². The van der Waals surface area contributed by atoms with Crippen molar-refractivity contribution < 1.29 is 0 Å². The predicted molar refractivity (Wildman–Crippen MR) is 71.2 cm³/mol. The number of nitrogens with one attached hydrogen (secondary N) is 1. The van der Waals surface area contributed by atoms with Gasteiger partial charge in [0.1, 0.15) is 6.07 Å². The Labute approximate surface area is 114 Å². The number of hydrogen-bond donors (Lipinski definition) is 1. The molecule has 6 heteroatoms. The van der Waals surface area contributed by atoms with Crippen molar-refractivity contribution in [2.75, 3.05) is 5.32 Å². The second kappa shape index (κ2) is 5.21. The molecular weight excluding hydrogens is 271 g/mol. The van der Waals surface area contributed by atoms with E-state index in [2.05, 4.69) is 15.3 Å². The molecule has 0 fully saturated rings. The summed E-state index contributed by atoms with van der Waals surface area (Å²) in [5.74, 6) is 0.349. The van der Waals surface area contributed by atoms with Gasteiger partial charge in [0.2, 0.25) is 0 Å². The van der Waals surface area contributed by atoms with Crippen LogP contribution in [0.25, 0.3) is 0 Å². The highest BCUT2D eigenvalue weighted by Gasteiger charge is 2.09. The Morgan fingerprint density at radius 3 is 2.61 bits per heavy atom. The molecule has 0 bridgehead atoms. The zero-order valence-electron chi connectivity index (χ0n) is 9.41. The molecule has 1 aromatic heterocycles. The van der Waals surface area contributed by atoms with Gasteiger partial charge in [0.05, 0.1) is 10.7 Å². The third-order valence-corrected chi connectivity index (χ3v) is 3.03. The fourth-order valence-electron chi connectivity index (χ4n) is 1.38. The Bertz CT molecular complexity index is 634. The molecule has 1 aromatic carbocycles. The number of aromatic nitrogens is 2. The molecule has 0 spiro atoms. The summed E-state index contributed by atoms with van der Waals surface area (Å²) in [7, 11) is 0. The quantitative estimate of drug-likeness (QED) is 0.910. The Hall–Kier alpha value is -1.83. The van der Waals surface area contributed by atoms with Crippen LogP contribution >= 0.6 is 23.2 Å². The largest absolute Gasteiger partial charge is 0.337 e. The fraction of sp³-hybridized carbons (Fsp3) is 0.0833. The molecule has 18 heavy (non-hydrogen) atoms. The third kappa shape index (κ3) is 2.53. The van der Waals surface area contributed by atoms with E-state index in [0.717, 1.165) is 5.56 Å². The minimum atomic E-state index is 0.199. The van der Waals surface area contributed by atoms with Crippen molar-refractivity contribution >= 4 is 34.7 Å². The van der Waals surface area contributed by atoms with Crippen molar-refractivity contribution in [3.63, 3.8) is 0 Å². The summed E-state index contributed by atoms with van der Waals surface area (Å²) in [6, 6.07) is 5.38. The SMILES string of the molecule is Cc1cc(Cl)c(Nc2nccnc2C#N)cc1Cl. The Morgan fingerprint density at radius 2 is 1.89 bits per heavy atom. The van der Waals surface area contributed by atoms with Crippen LogP contribution in [0.1, 0.15) is 11.3 Å². The molecule has 0 aliphatic carbocycles. The smallest absolute Gasteiger partial charge is 0.183 e. The summed E-state index contributed by atoms with van der Waals surface area (Å²) in [5, 5.41) is 13.0. The van der Waals surface area contributed by atoms with Crippen LogP contribution in [0.4, 0.5) is 11.5 Å². The normalized spacial score (nSPS) is 9.89. The number of hydrogen-bond acceptors (Lipinski definition) is 4. The van der Waals surface area contributed by atoms with Crippen LogP contribution < -0.4 is 5.32 Å². The number of nitrogens with zero attached hydrogens (tertiary/aromatic N) is 3. The Balaban J connectivity index is 2.41. The maximum absolute atomic E-state index is 8.91. The molecule has 90 valence electrons. The van der Waals surface area contributed by atoms with Crippen molar-refractivity contribution in [3.05, 3.63) is 45.8 Å². The van der Waals surface area contributed by atoms with Crippen molar-refractivity contribution in [3.8, 4) is 6.07 Å². The van der Waals surface area contributed by atoms with E-state index in [9.17, 15) is 0 Å². The average Bonchev–Trinajstić information content (AvgIpc) is 2.36. The third-order valence-electron chi connectivity index (χ3n) is 2.31. The zero-order chi connectivity index (χ0) is 13.1.